The predicted octanol–water partition coefficient (Wildman–Crippen LogP) is 6.64. The van der Waals surface area contributed by atoms with E-state index in [0.29, 0.717) is 36.7 Å². The fraction of sp³-hybridized carbons (Fsp3) is 0.476. The molecule has 0 aliphatic carbocycles. The van der Waals surface area contributed by atoms with Crippen molar-refractivity contribution in [1.82, 2.24) is 29.7 Å². The number of hydrogen-bond acceptors (Lipinski definition) is 11. The molecule has 7 rings (SSSR count). The zero-order valence-corrected chi connectivity index (χ0v) is 34.8. The predicted molar refractivity (Wildman–Crippen MR) is 217 cm³/mol. The summed E-state index contributed by atoms with van der Waals surface area (Å²) >= 11 is 0. The molecule has 2 aromatic heterocycles. The standard InChI is InChI=1S/C42H52N8O6S/c1-26-11-9-12-27(2)37(26)33-18-36-46-39(45-33)47-57(53,54)32-14-10-13-28(17-32)38(51)50(31(25-55-36)19-41(3,4)5)23-30-20-43-21-35(44-30)49-16-15-29-22-48(24-34(29)49)40(52)56-42(6,7)8/h9-14,17-18,20-21,29,31,34H,15-16,19,22-25H2,1-8H3,(H,45,46,47)/t29-,31-,34?/m1/s1. The number of amides is 2. The Bertz CT molecular complexity index is 2270. The average molecular weight is 797 g/mol. The van der Waals surface area contributed by atoms with Gasteiger partial charge in [-0.1, -0.05) is 45.0 Å². The number of rotatable bonds is 5. The zero-order chi connectivity index (χ0) is 40.9. The second kappa shape index (κ2) is 15.2. The van der Waals surface area contributed by atoms with Crippen molar-refractivity contribution in [3.63, 3.8) is 0 Å². The SMILES string of the molecule is Cc1cccc(C)c1-c1cc2nc(n1)NS(=O)(=O)c1cccc(c1)C(=O)N(Cc1cncc(N3CC[C@@H]4CN(C(=O)OC(C)(C)C)CC43)n1)[C@H](CC(C)(C)C)CO2. The van der Waals surface area contributed by atoms with Crippen LogP contribution in [0, 0.1) is 25.2 Å². The second-order valence-corrected chi connectivity index (χ2v) is 19.2. The van der Waals surface area contributed by atoms with E-state index in [4.69, 9.17) is 14.5 Å². The quantitative estimate of drug-likeness (QED) is 0.231. The number of anilines is 2. The summed E-state index contributed by atoms with van der Waals surface area (Å²) in [4.78, 5) is 52.0. The van der Waals surface area contributed by atoms with Crippen LogP contribution in [0.3, 0.4) is 0 Å². The van der Waals surface area contributed by atoms with Gasteiger partial charge in [0.2, 0.25) is 11.8 Å². The third kappa shape index (κ3) is 8.98. The van der Waals surface area contributed by atoms with E-state index in [-0.39, 0.29) is 64.8 Å². The van der Waals surface area contributed by atoms with Gasteiger partial charge in [0.05, 0.1) is 47.3 Å². The lowest BCUT2D eigenvalue weighted by Crippen LogP contribution is -2.45. The Morgan fingerprint density at radius 2 is 1.70 bits per heavy atom. The number of carbonyl (C=O) groups excluding carboxylic acids is 2. The highest BCUT2D eigenvalue weighted by Gasteiger charge is 2.44. The van der Waals surface area contributed by atoms with Crippen molar-refractivity contribution >= 4 is 33.8 Å². The molecule has 1 N–H and O–H groups in total. The van der Waals surface area contributed by atoms with Crippen LogP contribution >= 0.6 is 0 Å². The number of ether oxygens (including phenoxy) is 2. The smallest absolute Gasteiger partial charge is 0.410 e. The first kappa shape index (κ1) is 39.9. The van der Waals surface area contributed by atoms with E-state index in [1.54, 1.807) is 40.4 Å². The van der Waals surface area contributed by atoms with Crippen LogP contribution in [0.1, 0.15) is 81.6 Å². The molecule has 302 valence electrons. The fourth-order valence-electron chi connectivity index (χ4n) is 8.05. The number of aryl methyl sites for hydroxylation is 2. The van der Waals surface area contributed by atoms with E-state index in [1.807, 2.05) is 52.8 Å². The molecule has 0 radical (unpaired) electrons. The summed E-state index contributed by atoms with van der Waals surface area (Å²) in [5, 5.41) is 0. The van der Waals surface area contributed by atoms with Gasteiger partial charge in [-0.25, -0.2) is 27.9 Å². The van der Waals surface area contributed by atoms with Crippen LogP contribution in [-0.2, 0) is 21.3 Å². The van der Waals surface area contributed by atoms with Gasteiger partial charge in [-0.2, -0.15) is 4.98 Å². The van der Waals surface area contributed by atoms with Crippen molar-refractivity contribution in [3.05, 3.63) is 83.3 Å². The van der Waals surface area contributed by atoms with Gasteiger partial charge in [0.25, 0.3) is 15.9 Å². The molecule has 1 unspecified atom stereocenters. The molecule has 2 aromatic carbocycles. The Balaban J connectivity index is 1.25. The van der Waals surface area contributed by atoms with Crippen molar-refractivity contribution in [2.75, 3.05) is 35.9 Å². The van der Waals surface area contributed by atoms with Crippen LogP contribution in [0.4, 0.5) is 16.6 Å². The lowest BCUT2D eigenvalue weighted by molar-refractivity contribution is 0.0284. The van der Waals surface area contributed by atoms with Crippen LogP contribution in [0.25, 0.3) is 11.3 Å². The highest BCUT2D eigenvalue weighted by atomic mass is 32.2. The third-order valence-corrected chi connectivity index (χ3v) is 11.9. The zero-order valence-electron chi connectivity index (χ0n) is 33.9. The summed E-state index contributed by atoms with van der Waals surface area (Å²) in [7, 11) is -4.22. The molecule has 3 aliphatic heterocycles. The Morgan fingerprint density at radius 1 is 0.965 bits per heavy atom. The molecule has 0 spiro atoms. The number of likely N-dealkylation sites (tertiary alicyclic amines) is 1. The number of sulfonamides is 1. The summed E-state index contributed by atoms with van der Waals surface area (Å²) in [5.74, 6) is 0.584. The molecule has 2 fully saturated rings. The van der Waals surface area contributed by atoms with Crippen molar-refractivity contribution in [1.29, 1.82) is 0 Å². The lowest BCUT2D eigenvalue weighted by Gasteiger charge is -2.35. The fourth-order valence-corrected chi connectivity index (χ4v) is 9.04. The molecular weight excluding hydrogens is 745 g/mol. The normalized spacial score (nSPS) is 20.8. The monoisotopic (exact) mass is 796 g/mol. The summed E-state index contributed by atoms with van der Waals surface area (Å²) in [6, 6.07) is 13.2. The van der Waals surface area contributed by atoms with Gasteiger partial charge in [-0.05, 0) is 82.2 Å². The summed E-state index contributed by atoms with van der Waals surface area (Å²) < 4.78 is 42.3. The minimum atomic E-state index is -4.22. The Hall–Kier alpha value is -5.31. The van der Waals surface area contributed by atoms with E-state index >= 15 is 0 Å². The third-order valence-electron chi connectivity index (χ3n) is 10.5. The minimum absolute atomic E-state index is 0.0562. The Labute approximate surface area is 335 Å². The molecule has 15 heteroatoms. The van der Waals surface area contributed by atoms with Gasteiger partial charge < -0.3 is 24.2 Å². The molecule has 2 saturated heterocycles. The van der Waals surface area contributed by atoms with E-state index in [2.05, 4.69) is 45.3 Å². The van der Waals surface area contributed by atoms with E-state index < -0.39 is 21.7 Å². The van der Waals surface area contributed by atoms with Gasteiger partial charge in [-0.3, -0.25) is 9.78 Å². The maximum absolute atomic E-state index is 14.7. The summed E-state index contributed by atoms with van der Waals surface area (Å²) in [5.41, 5.74) is 3.19. The van der Waals surface area contributed by atoms with Crippen molar-refractivity contribution in [3.8, 4) is 17.1 Å². The van der Waals surface area contributed by atoms with E-state index in [0.717, 1.165) is 29.7 Å². The molecule has 5 heterocycles. The summed E-state index contributed by atoms with van der Waals surface area (Å²) in [6.07, 6.45) is 4.50. The van der Waals surface area contributed by atoms with Gasteiger partial charge in [0.1, 0.15) is 18.0 Å². The molecule has 3 aliphatic rings. The number of nitrogens with zero attached hydrogens (tertiary/aromatic N) is 7. The summed E-state index contributed by atoms with van der Waals surface area (Å²) in [6.45, 7) is 17.9. The van der Waals surface area contributed by atoms with Gasteiger partial charge in [0.15, 0.2) is 0 Å². The first-order valence-corrected chi connectivity index (χ1v) is 20.9. The van der Waals surface area contributed by atoms with Crippen LogP contribution < -0.4 is 14.4 Å². The molecule has 3 atom stereocenters. The largest absolute Gasteiger partial charge is 0.475 e. The van der Waals surface area contributed by atoms with Crippen molar-refractivity contribution < 1.29 is 27.5 Å². The second-order valence-electron chi connectivity index (χ2n) is 17.5. The van der Waals surface area contributed by atoms with Gasteiger partial charge in [-0.15, -0.1) is 0 Å². The molecule has 57 heavy (non-hydrogen) atoms. The average Bonchev–Trinajstić information content (AvgIpc) is 3.73. The van der Waals surface area contributed by atoms with Crippen LogP contribution in [0.2, 0.25) is 0 Å². The molecule has 4 bridgehead atoms. The first-order valence-electron chi connectivity index (χ1n) is 19.4. The van der Waals surface area contributed by atoms with E-state index in [9.17, 15) is 18.0 Å². The van der Waals surface area contributed by atoms with Crippen LogP contribution in [-0.4, -0.2) is 94.1 Å². The van der Waals surface area contributed by atoms with Crippen molar-refractivity contribution in [2.24, 2.45) is 11.3 Å². The number of carbonyl (C=O) groups is 2. The van der Waals surface area contributed by atoms with Gasteiger partial charge >= 0.3 is 6.09 Å². The number of nitrogens with one attached hydrogen (secondary N) is 1. The van der Waals surface area contributed by atoms with Crippen LogP contribution in [0.15, 0.2) is 65.8 Å². The molecule has 4 aromatic rings. The minimum Gasteiger partial charge on any atom is -0.475 e. The molecule has 2 amide bonds. The highest BCUT2D eigenvalue weighted by Crippen LogP contribution is 2.36. The molecule has 0 saturated carbocycles. The number of fused-ring (bicyclic) bond motifs is 5. The number of aromatic nitrogens is 4. The topological polar surface area (TPSA) is 160 Å². The number of hydrogen-bond donors (Lipinski definition) is 1. The Kier molecular flexibility index (Phi) is 10.7. The highest BCUT2D eigenvalue weighted by molar-refractivity contribution is 7.92. The Morgan fingerprint density at radius 3 is 2.42 bits per heavy atom. The number of benzene rings is 2. The maximum Gasteiger partial charge on any atom is 0.410 e. The molecule has 14 nitrogen and oxygen atoms in total. The molecular formula is C42H52N8O6S. The van der Waals surface area contributed by atoms with Gasteiger partial charge in [0, 0.05) is 42.7 Å². The van der Waals surface area contributed by atoms with E-state index in [1.165, 1.54) is 12.1 Å². The lowest BCUT2D eigenvalue weighted by atomic mass is 9.87. The first-order chi connectivity index (χ1) is 26.8. The van der Waals surface area contributed by atoms with Crippen molar-refractivity contribution in [2.45, 2.75) is 97.4 Å². The van der Waals surface area contributed by atoms with Crippen LogP contribution in [0.5, 0.6) is 5.88 Å². The maximum atomic E-state index is 14.7.